The van der Waals surface area contributed by atoms with E-state index in [2.05, 4.69) is 15.6 Å². The molecule has 1 aliphatic carbocycles. The van der Waals surface area contributed by atoms with Crippen molar-refractivity contribution in [2.24, 2.45) is 39.6 Å². The lowest BCUT2D eigenvalue weighted by molar-refractivity contribution is -0.315. The van der Waals surface area contributed by atoms with Crippen molar-refractivity contribution in [3.05, 3.63) is 0 Å². The summed E-state index contributed by atoms with van der Waals surface area (Å²) in [6, 6.07) is -3.10. The highest BCUT2D eigenvalue weighted by Gasteiger charge is 2.52. The van der Waals surface area contributed by atoms with E-state index in [0.29, 0.717) is 6.54 Å². The Hall–Kier alpha value is -1.69. The number of guanidine groups is 1. The van der Waals surface area contributed by atoms with Gasteiger partial charge in [-0.2, -0.15) is 0 Å². The minimum Gasteiger partial charge on any atom is -0.394 e. The number of carbonyl (C=O) groups is 1. The lowest BCUT2D eigenvalue weighted by atomic mass is 9.77. The van der Waals surface area contributed by atoms with Crippen LogP contribution in [0.25, 0.3) is 0 Å². The number of ketones is 1. The molecule has 17 N–H and O–H groups in total. The molecule has 19 heteroatoms. The summed E-state index contributed by atoms with van der Waals surface area (Å²) in [5, 5.41) is 58.0. The Labute approximate surface area is 267 Å². The fraction of sp³-hybridized carbons (Fsp3) is 0.926. The SMILES string of the molecule is CNCCN=C(N)NC1[C@@H](O)C(OC2[C@H](CC(=O)[C@@H](O)CCN)CC(N)[C@@H](O[C@H]3OC(CN)[C@@H](O)CC3N)[C@@H]2F)O[C@H](CO)[C@H]1O. The number of Topliss-reactive ketones (excluding diaryl/α,β-unsaturated/α-hetero) is 1. The van der Waals surface area contributed by atoms with Crippen LogP contribution in [0.1, 0.15) is 25.7 Å². The quantitative estimate of drug-likeness (QED) is 0.0438. The first-order valence-corrected chi connectivity index (χ1v) is 15.6. The molecule has 2 heterocycles. The van der Waals surface area contributed by atoms with Crippen molar-refractivity contribution < 1.29 is 53.7 Å². The second-order valence-corrected chi connectivity index (χ2v) is 12.1. The number of carbonyl (C=O) groups excluding carboxylic acids is 1. The third kappa shape index (κ3) is 9.69. The number of aliphatic imine (C=N–C) groups is 1. The molecule has 1 saturated carbocycles. The molecule has 0 spiro atoms. The van der Waals surface area contributed by atoms with Gasteiger partial charge in [0.2, 0.25) is 0 Å². The number of nitrogens with zero attached hydrogens (tertiary/aromatic N) is 1. The van der Waals surface area contributed by atoms with Gasteiger partial charge in [0, 0.05) is 25.6 Å². The first-order valence-electron chi connectivity index (χ1n) is 15.6. The Morgan fingerprint density at radius 1 is 1.04 bits per heavy atom. The second kappa shape index (κ2) is 18.2. The van der Waals surface area contributed by atoms with E-state index >= 15 is 4.39 Å². The number of aliphatic hydroxyl groups is 5. The predicted octanol–water partition coefficient (Wildman–Crippen LogP) is -6.20. The molecule has 6 unspecified atom stereocenters. The Balaban J connectivity index is 1.87. The van der Waals surface area contributed by atoms with Gasteiger partial charge in [-0.25, -0.2) is 4.39 Å². The lowest BCUT2D eigenvalue weighted by Gasteiger charge is -2.48. The summed E-state index contributed by atoms with van der Waals surface area (Å²) in [5.74, 6) is -1.66. The first kappa shape index (κ1) is 38.8. The fourth-order valence-electron chi connectivity index (χ4n) is 6.01. The van der Waals surface area contributed by atoms with E-state index in [4.69, 9.17) is 47.6 Å². The van der Waals surface area contributed by atoms with Crippen molar-refractivity contribution >= 4 is 11.7 Å². The van der Waals surface area contributed by atoms with E-state index in [9.17, 15) is 30.3 Å². The summed E-state index contributed by atoms with van der Waals surface area (Å²) in [7, 11) is 1.72. The Morgan fingerprint density at radius 3 is 2.35 bits per heavy atom. The van der Waals surface area contributed by atoms with Crippen LogP contribution in [-0.2, 0) is 23.7 Å². The van der Waals surface area contributed by atoms with Crippen molar-refractivity contribution in [3.63, 3.8) is 0 Å². The number of rotatable bonds is 15. The summed E-state index contributed by atoms with van der Waals surface area (Å²) in [5.41, 5.74) is 29.6. The maximum absolute atomic E-state index is 16.6. The van der Waals surface area contributed by atoms with Gasteiger partial charge in [0.1, 0.15) is 30.5 Å². The zero-order valence-corrected chi connectivity index (χ0v) is 26.0. The lowest BCUT2D eigenvalue weighted by Crippen LogP contribution is -2.67. The van der Waals surface area contributed by atoms with Crippen LogP contribution in [0.3, 0.4) is 0 Å². The molecule has 268 valence electrons. The van der Waals surface area contributed by atoms with E-state index < -0.39 is 104 Å². The highest BCUT2D eigenvalue weighted by molar-refractivity contribution is 5.83. The summed E-state index contributed by atoms with van der Waals surface area (Å²) >= 11 is 0. The number of nitrogens with two attached hydrogens (primary N) is 5. The summed E-state index contributed by atoms with van der Waals surface area (Å²) in [6.45, 7) is 0.0934. The maximum atomic E-state index is 16.6. The van der Waals surface area contributed by atoms with Crippen LogP contribution in [0.5, 0.6) is 0 Å². The molecule has 0 aromatic heterocycles. The summed E-state index contributed by atoms with van der Waals surface area (Å²) in [4.78, 5) is 17.0. The number of nitrogens with one attached hydrogen (secondary N) is 2. The van der Waals surface area contributed by atoms with E-state index in [1.54, 1.807) is 7.05 Å². The normalized spacial score (nSPS) is 41.2. The van der Waals surface area contributed by atoms with Crippen molar-refractivity contribution in [2.75, 3.05) is 39.8 Å². The van der Waals surface area contributed by atoms with Crippen LogP contribution in [0.15, 0.2) is 4.99 Å². The molecule has 2 aliphatic heterocycles. The van der Waals surface area contributed by atoms with Crippen LogP contribution in [-0.4, -0.2) is 163 Å². The number of aliphatic hydroxyl groups excluding tert-OH is 5. The molecule has 46 heavy (non-hydrogen) atoms. The van der Waals surface area contributed by atoms with Crippen molar-refractivity contribution in [2.45, 2.75) is 111 Å². The molecule has 0 aromatic carbocycles. The van der Waals surface area contributed by atoms with Crippen LogP contribution in [0, 0.1) is 5.92 Å². The standard InChI is InChI=1S/C27H53FN8O10/c1-34-4-5-35-27(33)36-20-21(41)18(10-37)44-26(22(20)42)45-23-11(7-15(39)14(38)2-3-29)6-12(31)24(19(23)28)46-25-13(32)8-16(40)17(9-30)43-25/h11-14,16-26,34,37-38,40-42H,2-10,29-32H2,1H3,(H3,33,35,36)/t11-,12?,13?,14-,16-,17?,18+,19+,20?,21+,22+,23?,24+,25+,26?/m0/s1. The average molecular weight is 669 g/mol. The average Bonchev–Trinajstić information content (AvgIpc) is 3.01. The smallest absolute Gasteiger partial charge is 0.189 e. The molecule has 0 bridgehead atoms. The second-order valence-electron chi connectivity index (χ2n) is 12.1. The molecule has 3 fully saturated rings. The molecule has 0 amide bonds. The maximum Gasteiger partial charge on any atom is 0.189 e. The van der Waals surface area contributed by atoms with Gasteiger partial charge in [-0.05, 0) is 38.8 Å². The minimum absolute atomic E-state index is 0.00977. The van der Waals surface area contributed by atoms with Gasteiger partial charge in [-0.15, -0.1) is 0 Å². The molecule has 18 nitrogen and oxygen atoms in total. The molecular weight excluding hydrogens is 615 g/mol. The Kier molecular flexibility index (Phi) is 15.3. The van der Waals surface area contributed by atoms with Crippen LogP contribution in [0.2, 0.25) is 0 Å². The topological polar surface area (TPSA) is 322 Å². The molecule has 15 atom stereocenters. The van der Waals surface area contributed by atoms with Gasteiger partial charge in [-0.3, -0.25) is 9.79 Å². The first-order chi connectivity index (χ1) is 21.9. The van der Waals surface area contributed by atoms with E-state index in [1.165, 1.54) is 0 Å². The predicted molar refractivity (Wildman–Crippen MR) is 161 cm³/mol. The van der Waals surface area contributed by atoms with Gasteiger partial charge in [0.25, 0.3) is 0 Å². The zero-order valence-electron chi connectivity index (χ0n) is 26.0. The number of alkyl halides is 1. The fourth-order valence-corrected chi connectivity index (χ4v) is 6.01. The molecule has 3 rings (SSSR count). The van der Waals surface area contributed by atoms with Crippen molar-refractivity contribution in [1.29, 1.82) is 0 Å². The molecule has 3 aliphatic rings. The minimum atomic E-state index is -2.05. The number of hydrogen-bond acceptors (Lipinski definition) is 16. The zero-order chi connectivity index (χ0) is 34.1. The van der Waals surface area contributed by atoms with Crippen molar-refractivity contribution in [1.82, 2.24) is 10.6 Å². The van der Waals surface area contributed by atoms with Crippen LogP contribution >= 0.6 is 0 Å². The van der Waals surface area contributed by atoms with Crippen molar-refractivity contribution in [3.8, 4) is 0 Å². The highest BCUT2D eigenvalue weighted by atomic mass is 19.1. The number of hydrogen-bond donors (Lipinski definition) is 12. The van der Waals surface area contributed by atoms with E-state index in [0.717, 1.165) is 0 Å². The van der Waals surface area contributed by atoms with Gasteiger partial charge < -0.3 is 83.8 Å². The third-order valence-electron chi connectivity index (χ3n) is 8.62. The number of ether oxygens (including phenoxy) is 4. The van der Waals surface area contributed by atoms with Gasteiger partial charge in [0.05, 0.1) is 43.5 Å². The van der Waals surface area contributed by atoms with E-state index in [1.807, 2.05) is 0 Å². The van der Waals surface area contributed by atoms with E-state index in [-0.39, 0.29) is 51.3 Å². The van der Waals surface area contributed by atoms with Crippen LogP contribution in [0.4, 0.5) is 4.39 Å². The summed E-state index contributed by atoms with van der Waals surface area (Å²) in [6.07, 6.45) is -15.7. The van der Waals surface area contributed by atoms with Gasteiger partial charge >= 0.3 is 0 Å². The molecule has 0 aromatic rings. The largest absolute Gasteiger partial charge is 0.394 e. The number of halogens is 1. The molecule has 2 saturated heterocycles. The monoisotopic (exact) mass is 668 g/mol. The van der Waals surface area contributed by atoms with Gasteiger partial charge in [-0.1, -0.05) is 0 Å². The Bertz CT molecular complexity index is 977. The highest BCUT2D eigenvalue weighted by Crippen LogP contribution is 2.37. The number of likely N-dealkylation sites (N-methyl/N-ethyl adjacent to an activating group) is 1. The molecular formula is C27H53FN8O10. The molecule has 0 radical (unpaired) electrons. The summed E-state index contributed by atoms with van der Waals surface area (Å²) < 4.78 is 39.9. The third-order valence-corrected chi connectivity index (χ3v) is 8.62. The van der Waals surface area contributed by atoms with Gasteiger partial charge in [0.15, 0.2) is 30.5 Å². The van der Waals surface area contributed by atoms with Crippen LogP contribution < -0.4 is 39.3 Å². The Morgan fingerprint density at radius 2 is 1.72 bits per heavy atom.